The third-order valence-electron chi connectivity index (χ3n) is 2.70. The summed E-state index contributed by atoms with van der Waals surface area (Å²) in [6.45, 7) is 3.36. The third-order valence-corrected chi connectivity index (χ3v) is 2.70. The van der Waals surface area contributed by atoms with Crippen LogP contribution in [0.1, 0.15) is 18.1 Å². The van der Waals surface area contributed by atoms with Gasteiger partial charge in [-0.2, -0.15) is 0 Å². The van der Waals surface area contributed by atoms with E-state index in [0.717, 1.165) is 11.1 Å². The Morgan fingerprint density at radius 2 is 2.06 bits per heavy atom. The van der Waals surface area contributed by atoms with Gasteiger partial charge in [0.25, 0.3) is 0 Å². The molecule has 1 aromatic carbocycles. The summed E-state index contributed by atoms with van der Waals surface area (Å²) in [6.07, 6.45) is 5.59. The number of hydrogen-bond acceptors (Lipinski definition) is 2. The van der Waals surface area contributed by atoms with E-state index in [0.29, 0.717) is 26.1 Å². The summed E-state index contributed by atoms with van der Waals surface area (Å²) in [4.78, 5) is 13.7. The van der Waals surface area contributed by atoms with Crippen molar-refractivity contribution < 1.29 is 4.79 Å². The molecule has 0 bridgehead atoms. The molecule has 0 aliphatic rings. The lowest BCUT2D eigenvalue weighted by Gasteiger charge is -2.18. The van der Waals surface area contributed by atoms with Gasteiger partial charge in [0, 0.05) is 13.1 Å². The molecule has 2 N–H and O–H groups in total. The third kappa shape index (κ3) is 3.61. The van der Waals surface area contributed by atoms with Crippen molar-refractivity contribution in [1.82, 2.24) is 4.90 Å². The van der Waals surface area contributed by atoms with Crippen molar-refractivity contribution in [1.29, 1.82) is 0 Å². The monoisotopic (exact) mass is 230 g/mol. The van der Waals surface area contributed by atoms with Crippen molar-refractivity contribution >= 4 is 5.91 Å². The second kappa shape index (κ2) is 6.72. The molecule has 0 spiro atoms. The van der Waals surface area contributed by atoms with Crippen LogP contribution in [0.4, 0.5) is 0 Å². The van der Waals surface area contributed by atoms with Crippen LogP contribution in [0.15, 0.2) is 24.3 Å². The Labute approximate surface area is 103 Å². The lowest BCUT2D eigenvalue weighted by Crippen LogP contribution is -2.32. The average Bonchev–Trinajstić information content (AvgIpc) is 2.36. The van der Waals surface area contributed by atoms with Gasteiger partial charge in [0.1, 0.15) is 0 Å². The second-order valence-corrected chi connectivity index (χ2v) is 3.76. The molecule has 0 aliphatic carbocycles. The Hall–Kier alpha value is -1.79. The number of terminal acetylenes is 1. The van der Waals surface area contributed by atoms with Crippen molar-refractivity contribution in [2.24, 2.45) is 5.73 Å². The smallest absolute Gasteiger partial charge is 0.227 e. The molecule has 0 atom stereocenters. The van der Waals surface area contributed by atoms with Gasteiger partial charge in [-0.15, -0.1) is 6.42 Å². The Bertz CT molecular complexity index is 420. The maximum Gasteiger partial charge on any atom is 0.227 e. The molecule has 0 radical (unpaired) electrons. The van der Waals surface area contributed by atoms with E-state index in [2.05, 4.69) is 5.92 Å². The molecular weight excluding hydrogens is 212 g/mol. The number of carbonyl (C=O) groups excluding carboxylic acids is 1. The van der Waals surface area contributed by atoms with Crippen molar-refractivity contribution in [3.63, 3.8) is 0 Å². The first-order valence-corrected chi connectivity index (χ1v) is 5.71. The first kappa shape index (κ1) is 13.3. The molecule has 0 saturated carbocycles. The fourth-order valence-electron chi connectivity index (χ4n) is 1.69. The topological polar surface area (TPSA) is 46.3 Å². The van der Waals surface area contributed by atoms with E-state index in [1.807, 2.05) is 31.2 Å². The molecule has 0 heterocycles. The number of carbonyl (C=O) groups is 1. The van der Waals surface area contributed by atoms with Gasteiger partial charge >= 0.3 is 0 Å². The standard InChI is InChI=1S/C14H18N2O/c1-3-9-16(4-2)14(17)10-12-7-5-6-8-13(12)11-15/h1,5-8H,4,9-11,15H2,2H3. The van der Waals surface area contributed by atoms with Crippen LogP contribution in [-0.2, 0) is 17.8 Å². The van der Waals surface area contributed by atoms with Crippen LogP contribution >= 0.6 is 0 Å². The van der Waals surface area contributed by atoms with Crippen molar-refractivity contribution in [3.8, 4) is 12.3 Å². The SMILES string of the molecule is C#CCN(CC)C(=O)Cc1ccccc1CN. The van der Waals surface area contributed by atoms with Crippen LogP contribution in [0.2, 0.25) is 0 Å². The van der Waals surface area contributed by atoms with E-state index in [1.165, 1.54) is 0 Å². The zero-order chi connectivity index (χ0) is 12.7. The average molecular weight is 230 g/mol. The fourth-order valence-corrected chi connectivity index (χ4v) is 1.69. The van der Waals surface area contributed by atoms with Crippen molar-refractivity contribution in [3.05, 3.63) is 35.4 Å². The van der Waals surface area contributed by atoms with Crippen LogP contribution in [0.3, 0.4) is 0 Å². The van der Waals surface area contributed by atoms with E-state index < -0.39 is 0 Å². The molecule has 0 unspecified atom stereocenters. The maximum absolute atomic E-state index is 12.0. The Morgan fingerprint density at radius 3 is 2.59 bits per heavy atom. The van der Waals surface area contributed by atoms with Crippen LogP contribution in [0.5, 0.6) is 0 Å². The molecule has 3 heteroatoms. The quantitative estimate of drug-likeness (QED) is 0.772. The Morgan fingerprint density at radius 1 is 1.41 bits per heavy atom. The predicted octanol–water partition coefficient (Wildman–Crippen LogP) is 1.17. The number of nitrogens with two attached hydrogens (primary N) is 1. The minimum Gasteiger partial charge on any atom is -0.332 e. The summed E-state index contributed by atoms with van der Waals surface area (Å²) in [6, 6.07) is 7.72. The fraction of sp³-hybridized carbons (Fsp3) is 0.357. The number of nitrogens with zero attached hydrogens (tertiary/aromatic N) is 1. The molecule has 0 aliphatic heterocycles. The maximum atomic E-state index is 12.0. The van der Waals surface area contributed by atoms with Gasteiger partial charge in [-0.3, -0.25) is 4.79 Å². The van der Waals surface area contributed by atoms with Gasteiger partial charge < -0.3 is 10.6 Å². The largest absolute Gasteiger partial charge is 0.332 e. The number of rotatable bonds is 5. The molecule has 0 aromatic heterocycles. The predicted molar refractivity (Wildman–Crippen MR) is 69.1 cm³/mol. The molecule has 90 valence electrons. The van der Waals surface area contributed by atoms with Gasteiger partial charge in [0.15, 0.2) is 0 Å². The molecule has 0 saturated heterocycles. The summed E-state index contributed by atoms with van der Waals surface area (Å²) < 4.78 is 0. The van der Waals surface area contributed by atoms with Gasteiger partial charge in [-0.1, -0.05) is 30.2 Å². The van der Waals surface area contributed by atoms with E-state index in [-0.39, 0.29) is 5.91 Å². The number of benzene rings is 1. The minimum absolute atomic E-state index is 0.0475. The zero-order valence-corrected chi connectivity index (χ0v) is 10.1. The molecule has 0 fully saturated rings. The highest BCUT2D eigenvalue weighted by Gasteiger charge is 2.12. The number of hydrogen-bond donors (Lipinski definition) is 1. The Balaban J connectivity index is 2.77. The van der Waals surface area contributed by atoms with Gasteiger partial charge in [0.05, 0.1) is 13.0 Å². The summed E-state index contributed by atoms with van der Waals surface area (Å²) in [5, 5.41) is 0. The first-order chi connectivity index (χ1) is 8.22. The molecule has 1 amide bonds. The minimum atomic E-state index is 0.0475. The van der Waals surface area contributed by atoms with E-state index in [9.17, 15) is 4.79 Å². The lowest BCUT2D eigenvalue weighted by molar-refractivity contribution is -0.129. The van der Waals surface area contributed by atoms with Crippen molar-refractivity contribution in [2.75, 3.05) is 13.1 Å². The highest BCUT2D eigenvalue weighted by atomic mass is 16.2. The molecule has 1 rings (SSSR count). The summed E-state index contributed by atoms with van der Waals surface area (Å²) in [5.74, 6) is 2.54. The molecule has 3 nitrogen and oxygen atoms in total. The lowest BCUT2D eigenvalue weighted by atomic mass is 10.0. The van der Waals surface area contributed by atoms with Gasteiger partial charge in [0.2, 0.25) is 5.91 Å². The van der Waals surface area contributed by atoms with E-state index >= 15 is 0 Å². The molecule has 17 heavy (non-hydrogen) atoms. The summed E-state index contributed by atoms with van der Waals surface area (Å²) in [7, 11) is 0. The molecule has 1 aromatic rings. The second-order valence-electron chi connectivity index (χ2n) is 3.76. The number of likely N-dealkylation sites (N-methyl/N-ethyl adjacent to an activating group) is 1. The van der Waals surface area contributed by atoms with Crippen LogP contribution in [0.25, 0.3) is 0 Å². The Kier molecular flexibility index (Phi) is 5.25. The van der Waals surface area contributed by atoms with Crippen LogP contribution < -0.4 is 5.73 Å². The summed E-state index contributed by atoms with van der Waals surface area (Å²) >= 11 is 0. The van der Waals surface area contributed by atoms with E-state index in [4.69, 9.17) is 12.2 Å². The highest BCUT2D eigenvalue weighted by molar-refractivity contribution is 5.79. The van der Waals surface area contributed by atoms with Crippen molar-refractivity contribution in [2.45, 2.75) is 19.9 Å². The first-order valence-electron chi connectivity index (χ1n) is 5.71. The van der Waals surface area contributed by atoms with Crippen LogP contribution in [-0.4, -0.2) is 23.9 Å². The van der Waals surface area contributed by atoms with Crippen LogP contribution in [0, 0.1) is 12.3 Å². The van der Waals surface area contributed by atoms with Gasteiger partial charge in [-0.05, 0) is 18.1 Å². The highest BCUT2D eigenvalue weighted by Crippen LogP contribution is 2.10. The van der Waals surface area contributed by atoms with Gasteiger partial charge in [-0.25, -0.2) is 0 Å². The summed E-state index contributed by atoms with van der Waals surface area (Å²) in [5.41, 5.74) is 7.63. The number of amides is 1. The van der Waals surface area contributed by atoms with E-state index in [1.54, 1.807) is 4.90 Å². The zero-order valence-electron chi connectivity index (χ0n) is 10.1. The molecular formula is C14H18N2O. The normalized spacial score (nSPS) is 9.71.